The van der Waals surface area contributed by atoms with Gasteiger partial charge < -0.3 is 0 Å². The van der Waals surface area contributed by atoms with Gasteiger partial charge in [0.15, 0.2) is 0 Å². The topological polar surface area (TPSA) is 20.7 Å². The van der Waals surface area contributed by atoms with E-state index in [0.29, 0.717) is 21.2 Å². The van der Waals surface area contributed by atoms with Crippen LogP contribution in [-0.2, 0) is 6.54 Å². The average molecular weight is 259 g/mol. The predicted molar refractivity (Wildman–Crippen MR) is 65.2 cm³/mol. The van der Waals surface area contributed by atoms with E-state index >= 15 is 0 Å². The van der Waals surface area contributed by atoms with E-state index in [-0.39, 0.29) is 0 Å². The van der Waals surface area contributed by atoms with E-state index in [1.807, 2.05) is 29.1 Å². The van der Waals surface area contributed by atoms with Crippen LogP contribution in [0.2, 0.25) is 10.0 Å². The number of hydrogen-bond donors (Lipinski definition) is 1. The highest BCUT2D eigenvalue weighted by atomic mass is 35.5. The number of nitrogens with one attached hydrogen (secondary N) is 1. The monoisotopic (exact) mass is 258 g/mol. The fourth-order valence-corrected chi connectivity index (χ4v) is 1.95. The molecular formula is C10H8Cl2N2S. The van der Waals surface area contributed by atoms with Crippen LogP contribution in [-0.4, -0.2) is 9.78 Å². The van der Waals surface area contributed by atoms with Gasteiger partial charge in [-0.3, -0.25) is 9.78 Å². The zero-order valence-electron chi connectivity index (χ0n) is 7.71. The Morgan fingerprint density at radius 1 is 1.27 bits per heavy atom. The molecule has 1 aromatic carbocycles. The SMILES string of the molecule is S=c1ccn(Cc2ccc(Cl)cc2Cl)[nH]1. The van der Waals surface area contributed by atoms with Crippen LogP contribution in [0.3, 0.4) is 0 Å². The summed E-state index contributed by atoms with van der Waals surface area (Å²) in [7, 11) is 0. The number of hydrogen-bond acceptors (Lipinski definition) is 1. The van der Waals surface area contributed by atoms with Gasteiger partial charge in [0.1, 0.15) is 4.64 Å². The fourth-order valence-electron chi connectivity index (χ4n) is 1.30. The molecule has 2 aromatic rings. The van der Waals surface area contributed by atoms with Crippen molar-refractivity contribution in [2.24, 2.45) is 0 Å². The Bertz CT molecular complexity index is 530. The summed E-state index contributed by atoms with van der Waals surface area (Å²) in [5.41, 5.74) is 1.00. The molecule has 0 amide bonds. The van der Waals surface area contributed by atoms with E-state index in [4.69, 9.17) is 35.4 Å². The molecule has 0 aliphatic heterocycles. The lowest BCUT2D eigenvalue weighted by molar-refractivity contribution is 0.684. The molecule has 0 saturated heterocycles. The number of rotatable bonds is 2. The molecular weight excluding hydrogens is 251 g/mol. The lowest BCUT2D eigenvalue weighted by Crippen LogP contribution is -2.00. The summed E-state index contributed by atoms with van der Waals surface area (Å²) < 4.78 is 2.58. The first-order chi connectivity index (χ1) is 7.15. The molecule has 0 bridgehead atoms. The Hall–Kier alpha value is -0.770. The van der Waals surface area contributed by atoms with Crippen molar-refractivity contribution < 1.29 is 0 Å². The third kappa shape index (κ3) is 2.62. The smallest absolute Gasteiger partial charge is 0.119 e. The molecule has 1 heterocycles. The number of H-pyrrole nitrogens is 1. The largest absolute Gasteiger partial charge is 0.290 e. The van der Waals surface area contributed by atoms with Gasteiger partial charge in [0.25, 0.3) is 0 Å². The van der Waals surface area contributed by atoms with Crippen LogP contribution >= 0.6 is 35.4 Å². The van der Waals surface area contributed by atoms with Crippen molar-refractivity contribution in [1.29, 1.82) is 0 Å². The summed E-state index contributed by atoms with van der Waals surface area (Å²) in [6.45, 7) is 0.659. The van der Waals surface area contributed by atoms with Crippen LogP contribution in [0.1, 0.15) is 5.56 Å². The van der Waals surface area contributed by atoms with Crippen molar-refractivity contribution >= 4 is 35.4 Å². The number of nitrogens with zero attached hydrogens (tertiary/aromatic N) is 1. The summed E-state index contributed by atoms with van der Waals surface area (Å²) in [6.07, 6.45) is 1.88. The number of benzene rings is 1. The summed E-state index contributed by atoms with van der Waals surface area (Å²) in [4.78, 5) is 0. The summed E-state index contributed by atoms with van der Waals surface area (Å²) in [5, 5.41) is 4.31. The molecule has 5 heteroatoms. The maximum atomic E-state index is 6.05. The normalized spacial score (nSPS) is 10.5. The number of aromatic amines is 1. The second kappa shape index (κ2) is 4.39. The lowest BCUT2D eigenvalue weighted by Gasteiger charge is -2.05. The van der Waals surface area contributed by atoms with E-state index < -0.39 is 0 Å². The third-order valence-electron chi connectivity index (χ3n) is 2.02. The molecule has 0 atom stereocenters. The van der Waals surface area contributed by atoms with Gasteiger partial charge >= 0.3 is 0 Å². The first-order valence-electron chi connectivity index (χ1n) is 4.34. The summed E-state index contributed by atoms with van der Waals surface area (Å²) in [5.74, 6) is 0. The molecule has 2 rings (SSSR count). The molecule has 2 nitrogen and oxygen atoms in total. The minimum absolute atomic E-state index is 0.643. The van der Waals surface area contributed by atoms with Crippen molar-refractivity contribution in [3.63, 3.8) is 0 Å². The molecule has 0 aliphatic rings. The van der Waals surface area contributed by atoms with Gasteiger partial charge in [0.05, 0.1) is 6.54 Å². The number of aromatic nitrogens is 2. The molecule has 0 unspecified atom stereocenters. The van der Waals surface area contributed by atoms with Crippen molar-refractivity contribution in [2.45, 2.75) is 6.54 Å². The van der Waals surface area contributed by atoms with Gasteiger partial charge in [-0.1, -0.05) is 41.5 Å². The van der Waals surface area contributed by atoms with E-state index in [0.717, 1.165) is 5.56 Å². The molecule has 78 valence electrons. The maximum absolute atomic E-state index is 6.05. The van der Waals surface area contributed by atoms with E-state index in [2.05, 4.69) is 5.10 Å². The highest BCUT2D eigenvalue weighted by Crippen LogP contribution is 2.21. The molecule has 15 heavy (non-hydrogen) atoms. The molecule has 0 saturated carbocycles. The molecule has 0 fully saturated rings. The van der Waals surface area contributed by atoms with Gasteiger partial charge in [-0.15, -0.1) is 0 Å². The van der Waals surface area contributed by atoms with Crippen molar-refractivity contribution in [3.8, 4) is 0 Å². The second-order valence-corrected chi connectivity index (χ2v) is 4.44. The first kappa shape index (κ1) is 10.7. The van der Waals surface area contributed by atoms with Crippen LogP contribution in [0, 0.1) is 4.64 Å². The lowest BCUT2D eigenvalue weighted by atomic mass is 10.2. The zero-order valence-corrected chi connectivity index (χ0v) is 10.0. The molecule has 0 aliphatic carbocycles. The van der Waals surface area contributed by atoms with E-state index in [1.165, 1.54) is 0 Å². The Kier molecular flexibility index (Phi) is 3.14. The van der Waals surface area contributed by atoms with Crippen LogP contribution < -0.4 is 0 Å². The van der Waals surface area contributed by atoms with Gasteiger partial charge in [-0.05, 0) is 23.8 Å². The minimum Gasteiger partial charge on any atom is -0.290 e. The average Bonchev–Trinajstić information content (AvgIpc) is 2.56. The van der Waals surface area contributed by atoms with E-state index in [1.54, 1.807) is 6.07 Å². The standard InChI is InChI=1S/C10H8Cl2N2S/c11-8-2-1-7(9(12)5-8)6-14-4-3-10(15)13-14/h1-5H,6H2,(H,13,15). The maximum Gasteiger partial charge on any atom is 0.119 e. The summed E-state index contributed by atoms with van der Waals surface area (Å²) in [6, 6.07) is 7.29. The minimum atomic E-state index is 0.643. The van der Waals surface area contributed by atoms with Crippen LogP contribution in [0.25, 0.3) is 0 Å². The second-order valence-electron chi connectivity index (χ2n) is 3.16. The van der Waals surface area contributed by atoms with Gasteiger partial charge in [0, 0.05) is 16.2 Å². The Labute approximate surface area is 102 Å². The zero-order chi connectivity index (χ0) is 10.8. The Morgan fingerprint density at radius 2 is 2.07 bits per heavy atom. The fraction of sp³-hybridized carbons (Fsp3) is 0.100. The first-order valence-corrected chi connectivity index (χ1v) is 5.51. The van der Waals surface area contributed by atoms with Gasteiger partial charge in [-0.2, -0.15) is 0 Å². The highest BCUT2D eigenvalue weighted by molar-refractivity contribution is 7.71. The van der Waals surface area contributed by atoms with Gasteiger partial charge in [0.2, 0.25) is 0 Å². The van der Waals surface area contributed by atoms with Crippen molar-refractivity contribution in [2.75, 3.05) is 0 Å². The van der Waals surface area contributed by atoms with Crippen LogP contribution in [0.15, 0.2) is 30.5 Å². The summed E-state index contributed by atoms with van der Waals surface area (Å²) >= 11 is 16.8. The molecule has 1 N–H and O–H groups in total. The Morgan fingerprint density at radius 3 is 2.67 bits per heavy atom. The van der Waals surface area contributed by atoms with Crippen molar-refractivity contribution in [3.05, 3.63) is 50.7 Å². The quantitative estimate of drug-likeness (QED) is 0.811. The highest BCUT2D eigenvalue weighted by Gasteiger charge is 2.01. The third-order valence-corrected chi connectivity index (χ3v) is 2.83. The Balaban J connectivity index is 2.28. The molecule has 1 aromatic heterocycles. The predicted octanol–water partition coefficient (Wildman–Crippen LogP) is 3.90. The van der Waals surface area contributed by atoms with Crippen LogP contribution in [0.4, 0.5) is 0 Å². The van der Waals surface area contributed by atoms with Gasteiger partial charge in [-0.25, -0.2) is 0 Å². The molecule has 0 spiro atoms. The molecule has 0 radical (unpaired) electrons. The van der Waals surface area contributed by atoms with Crippen LogP contribution in [0.5, 0.6) is 0 Å². The van der Waals surface area contributed by atoms with E-state index in [9.17, 15) is 0 Å². The number of halogens is 2. The van der Waals surface area contributed by atoms with Crippen molar-refractivity contribution in [1.82, 2.24) is 9.78 Å².